The molecule has 2 aromatic heterocycles. The molecular formula is C27H31N5O. The zero-order chi connectivity index (χ0) is 22.8. The smallest absolute Gasteiger partial charge is 0.232 e. The monoisotopic (exact) mass is 441 g/mol. The van der Waals surface area contributed by atoms with Crippen molar-refractivity contribution in [2.45, 2.75) is 33.2 Å². The van der Waals surface area contributed by atoms with Gasteiger partial charge in [0.05, 0.1) is 12.5 Å². The minimum atomic E-state index is 0.510. The van der Waals surface area contributed by atoms with Gasteiger partial charge in [0.2, 0.25) is 11.8 Å². The number of nitrogens with zero attached hydrogens (tertiary/aromatic N) is 3. The van der Waals surface area contributed by atoms with Gasteiger partial charge in [0.25, 0.3) is 0 Å². The van der Waals surface area contributed by atoms with Crippen molar-refractivity contribution in [1.82, 2.24) is 19.9 Å². The highest BCUT2D eigenvalue weighted by Gasteiger charge is 2.18. The molecule has 33 heavy (non-hydrogen) atoms. The van der Waals surface area contributed by atoms with Gasteiger partial charge in [0.15, 0.2) is 0 Å². The van der Waals surface area contributed by atoms with Gasteiger partial charge in [-0.15, -0.1) is 0 Å². The van der Waals surface area contributed by atoms with Gasteiger partial charge in [-0.1, -0.05) is 43.3 Å². The van der Waals surface area contributed by atoms with Crippen LogP contribution < -0.4 is 10.1 Å². The third kappa shape index (κ3) is 4.57. The van der Waals surface area contributed by atoms with E-state index in [-0.39, 0.29) is 0 Å². The Bertz CT molecular complexity index is 1240. The summed E-state index contributed by atoms with van der Waals surface area (Å²) in [6.07, 6.45) is 4.57. The van der Waals surface area contributed by atoms with Crippen LogP contribution >= 0.6 is 0 Å². The highest BCUT2D eigenvalue weighted by molar-refractivity contribution is 5.98. The lowest BCUT2D eigenvalue weighted by Crippen LogP contribution is -2.32. The van der Waals surface area contributed by atoms with Crippen molar-refractivity contribution in [3.8, 4) is 17.0 Å². The van der Waals surface area contributed by atoms with Crippen LogP contribution in [0.3, 0.4) is 0 Å². The summed E-state index contributed by atoms with van der Waals surface area (Å²) in [4.78, 5) is 15.2. The van der Waals surface area contributed by atoms with Crippen LogP contribution in [0.15, 0.2) is 54.7 Å². The Morgan fingerprint density at radius 2 is 1.79 bits per heavy atom. The van der Waals surface area contributed by atoms with Gasteiger partial charge in [-0.05, 0) is 67.6 Å². The summed E-state index contributed by atoms with van der Waals surface area (Å²) < 4.78 is 5.66. The largest absolute Gasteiger partial charge is 0.480 e. The number of ether oxygens (including phenoxy) is 1. The Labute approximate surface area is 195 Å². The molecular weight excluding hydrogens is 410 g/mol. The number of aromatic amines is 1. The summed E-state index contributed by atoms with van der Waals surface area (Å²) in [5.74, 6) is 1.92. The van der Waals surface area contributed by atoms with Gasteiger partial charge in [-0.25, -0.2) is 0 Å². The third-order valence-corrected chi connectivity index (χ3v) is 6.62. The van der Waals surface area contributed by atoms with Crippen molar-refractivity contribution in [3.05, 3.63) is 65.9 Å². The molecule has 0 amide bonds. The number of benzene rings is 2. The molecule has 3 heterocycles. The van der Waals surface area contributed by atoms with Crippen molar-refractivity contribution in [2.75, 3.05) is 25.5 Å². The minimum absolute atomic E-state index is 0.510. The Morgan fingerprint density at radius 3 is 2.52 bits per heavy atom. The second-order valence-electron chi connectivity index (χ2n) is 9.08. The van der Waals surface area contributed by atoms with Crippen LogP contribution in [0.25, 0.3) is 22.2 Å². The summed E-state index contributed by atoms with van der Waals surface area (Å²) in [6.45, 7) is 7.84. The van der Waals surface area contributed by atoms with Crippen LogP contribution in [0.1, 0.15) is 30.9 Å². The number of likely N-dealkylation sites (tertiary alicyclic amines) is 1. The first-order chi connectivity index (χ1) is 16.1. The Morgan fingerprint density at radius 1 is 1.03 bits per heavy atom. The molecule has 0 unspecified atom stereocenters. The molecule has 6 nitrogen and oxygen atoms in total. The standard InChI is InChI=1S/C27H31N5O/c1-18-12-14-32(15-13-18)17-20-8-10-21(11-9-20)29-27-30-25-24(26(31-27)33-3)23(16-28-25)22-7-5-4-6-19(22)2/h4-11,16,18H,12-15,17H2,1-3H3,(H2,28,29,30,31). The highest BCUT2D eigenvalue weighted by atomic mass is 16.5. The Kier molecular flexibility index (Phi) is 6.01. The zero-order valence-electron chi connectivity index (χ0n) is 19.6. The van der Waals surface area contributed by atoms with E-state index in [1.807, 2.05) is 18.3 Å². The summed E-state index contributed by atoms with van der Waals surface area (Å²) in [5, 5.41) is 4.22. The molecule has 1 aliphatic rings. The zero-order valence-corrected chi connectivity index (χ0v) is 19.6. The fourth-order valence-electron chi connectivity index (χ4n) is 4.59. The van der Waals surface area contributed by atoms with Crippen LogP contribution in [-0.4, -0.2) is 40.1 Å². The van der Waals surface area contributed by atoms with E-state index in [2.05, 4.69) is 70.4 Å². The van der Waals surface area contributed by atoms with Crippen molar-refractivity contribution in [2.24, 2.45) is 5.92 Å². The molecule has 0 aliphatic carbocycles. The maximum Gasteiger partial charge on any atom is 0.232 e. The average Bonchev–Trinajstić information content (AvgIpc) is 3.25. The van der Waals surface area contributed by atoms with Gasteiger partial charge < -0.3 is 15.0 Å². The fraction of sp³-hybridized carbons (Fsp3) is 0.333. The first-order valence-corrected chi connectivity index (χ1v) is 11.7. The molecule has 0 spiro atoms. The normalized spacial score (nSPS) is 15.1. The lowest BCUT2D eigenvalue weighted by atomic mass is 9.99. The molecule has 1 fully saturated rings. The number of methoxy groups -OCH3 is 1. The predicted molar refractivity (Wildman–Crippen MR) is 134 cm³/mol. The molecule has 2 N–H and O–H groups in total. The topological polar surface area (TPSA) is 66.1 Å². The summed E-state index contributed by atoms with van der Waals surface area (Å²) in [7, 11) is 1.65. The first kappa shape index (κ1) is 21.5. The number of H-pyrrole nitrogens is 1. The molecule has 170 valence electrons. The van der Waals surface area contributed by atoms with Crippen LogP contribution in [0, 0.1) is 12.8 Å². The molecule has 1 aliphatic heterocycles. The van der Waals surface area contributed by atoms with Crippen molar-refractivity contribution in [1.29, 1.82) is 0 Å². The quantitative estimate of drug-likeness (QED) is 0.389. The van der Waals surface area contributed by atoms with Gasteiger partial charge >= 0.3 is 0 Å². The SMILES string of the molecule is COc1nc(Nc2ccc(CN3CCC(C)CC3)cc2)nc2[nH]cc(-c3ccccc3C)c12. The van der Waals surface area contributed by atoms with Crippen LogP contribution in [0.2, 0.25) is 0 Å². The van der Waals surface area contributed by atoms with Crippen LogP contribution in [0.4, 0.5) is 11.6 Å². The molecule has 6 heteroatoms. The second kappa shape index (κ2) is 9.24. The molecule has 0 saturated carbocycles. The Balaban J connectivity index is 1.36. The molecule has 5 rings (SSSR count). The number of fused-ring (bicyclic) bond motifs is 1. The first-order valence-electron chi connectivity index (χ1n) is 11.7. The van der Waals surface area contributed by atoms with Crippen LogP contribution in [0.5, 0.6) is 5.88 Å². The summed E-state index contributed by atoms with van der Waals surface area (Å²) in [6, 6.07) is 16.8. The Hall–Kier alpha value is -3.38. The van der Waals surface area contributed by atoms with Crippen LogP contribution in [-0.2, 0) is 6.54 Å². The number of anilines is 2. The predicted octanol–water partition coefficient (Wildman–Crippen LogP) is 5.92. The van der Waals surface area contributed by atoms with Gasteiger partial charge in [-0.3, -0.25) is 4.90 Å². The highest BCUT2D eigenvalue weighted by Crippen LogP contribution is 2.36. The number of hydrogen-bond donors (Lipinski definition) is 2. The molecule has 0 atom stereocenters. The lowest BCUT2D eigenvalue weighted by molar-refractivity contribution is 0.185. The number of rotatable bonds is 6. The number of aromatic nitrogens is 3. The van der Waals surface area contributed by atoms with E-state index in [1.165, 1.54) is 37.1 Å². The molecule has 4 aromatic rings. The van der Waals surface area contributed by atoms with E-state index in [9.17, 15) is 0 Å². The number of piperidine rings is 1. The van der Waals surface area contributed by atoms with Gasteiger partial charge in [0.1, 0.15) is 5.65 Å². The molecule has 0 bridgehead atoms. The average molecular weight is 442 g/mol. The van der Waals surface area contributed by atoms with Crippen molar-refractivity contribution >= 4 is 22.7 Å². The fourth-order valence-corrected chi connectivity index (χ4v) is 4.59. The summed E-state index contributed by atoms with van der Waals surface area (Å²) >= 11 is 0. The minimum Gasteiger partial charge on any atom is -0.480 e. The van der Waals surface area contributed by atoms with Gasteiger partial charge in [0, 0.05) is 24.0 Å². The second-order valence-corrected chi connectivity index (χ2v) is 9.08. The third-order valence-electron chi connectivity index (χ3n) is 6.62. The maximum absolute atomic E-state index is 5.66. The molecule has 0 radical (unpaired) electrons. The van der Waals surface area contributed by atoms with E-state index in [1.54, 1.807) is 7.11 Å². The number of nitrogens with one attached hydrogen (secondary N) is 2. The van der Waals surface area contributed by atoms with E-state index >= 15 is 0 Å². The van der Waals surface area contributed by atoms with E-state index in [4.69, 9.17) is 9.72 Å². The molecule has 2 aromatic carbocycles. The molecule has 1 saturated heterocycles. The van der Waals surface area contributed by atoms with Crippen molar-refractivity contribution in [3.63, 3.8) is 0 Å². The van der Waals surface area contributed by atoms with Crippen molar-refractivity contribution < 1.29 is 4.74 Å². The number of aryl methyl sites for hydroxylation is 1. The van der Waals surface area contributed by atoms with E-state index in [0.29, 0.717) is 11.8 Å². The van der Waals surface area contributed by atoms with E-state index in [0.717, 1.165) is 40.3 Å². The number of hydrogen-bond acceptors (Lipinski definition) is 5. The maximum atomic E-state index is 5.66. The van der Waals surface area contributed by atoms with Gasteiger partial charge in [-0.2, -0.15) is 9.97 Å². The summed E-state index contributed by atoms with van der Waals surface area (Å²) in [5.41, 5.74) is 6.42. The van der Waals surface area contributed by atoms with E-state index < -0.39 is 0 Å². The lowest BCUT2D eigenvalue weighted by Gasteiger charge is -2.30.